The number of rotatable bonds is 9. The summed E-state index contributed by atoms with van der Waals surface area (Å²) in [6.07, 6.45) is -0.969. The molecule has 0 aromatic carbocycles. The van der Waals surface area contributed by atoms with E-state index < -0.39 is 54.5 Å². The predicted molar refractivity (Wildman–Crippen MR) is 121 cm³/mol. The fourth-order valence-electron chi connectivity index (χ4n) is 4.45. The lowest BCUT2D eigenvalue weighted by Gasteiger charge is -2.44. The van der Waals surface area contributed by atoms with Crippen molar-refractivity contribution >= 4 is 29.8 Å². The lowest BCUT2D eigenvalue weighted by molar-refractivity contribution is -0.270. The summed E-state index contributed by atoms with van der Waals surface area (Å²) >= 11 is 0. The van der Waals surface area contributed by atoms with Gasteiger partial charge in [-0.15, -0.1) is 5.10 Å². The molecular weight excluding hydrogens is 492 g/mol. The molecule has 14 nitrogen and oxygen atoms in total. The van der Waals surface area contributed by atoms with Crippen molar-refractivity contribution in [3.05, 3.63) is 11.9 Å². The maximum Gasteiger partial charge on any atom is 0.303 e. The van der Waals surface area contributed by atoms with E-state index in [2.05, 4.69) is 15.6 Å². The SMILES string of the molecule is CC(=O)OC[C@H]1O[C@@H](n2cc(CNC(=O)C3CCCC3)nn2)[C@H](OC(C)=O)[C@@H](OC(C)=O)[C@@H]1OC(C)=O. The Hall–Kier alpha value is -3.55. The molecule has 1 N–H and O–H groups in total. The second-order valence-electron chi connectivity index (χ2n) is 8.98. The van der Waals surface area contributed by atoms with Crippen LogP contribution in [0.2, 0.25) is 0 Å². The number of nitrogens with one attached hydrogen (secondary N) is 1. The Kier molecular flexibility index (Phi) is 9.55. The van der Waals surface area contributed by atoms with Gasteiger partial charge in [0.1, 0.15) is 18.4 Å². The van der Waals surface area contributed by atoms with Crippen LogP contribution in [-0.2, 0) is 54.2 Å². The molecule has 1 aromatic heterocycles. The fraction of sp³-hybridized carbons (Fsp3) is 0.696. The topological polar surface area (TPSA) is 174 Å². The molecule has 2 heterocycles. The van der Waals surface area contributed by atoms with Gasteiger partial charge in [0, 0.05) is 33.6 Å². The number of nitrogens with zero attached hydrogens (tertiary/aromatic N) is 3. The number of hydrogen-bond donors (Lipinski definition) is 1. The van der Waals surface area contributed by atoms with Crippen LogP contribution in [0.5, 0.6) is 0 Å². The zero-order chi connectivity index (χ0) is 27.1. The van der Waals surface area contributed by atoms with Gasteiger partial charge in [0.25, 0.3) is 0 Å². The van der Waals surface area contributed by atoms with E-state index >= 15 is 0 Å². The van der Waals surface area contributed by atoms with E-state index in [1.807, 2.05) is 0 Å². The molecule has 0 spiro atoms. The molecule has 14 heteroatoms. The molecule has 1 saturated carbocycles. The standard InChI is InChI=1S/C23H32N4O10/c1-12(28)33-11-18-19(34-13(2)29)20(35-14(3)30)21(36-15(4)31)23(37-18)27-10-17(25-26-27)9-24-22(32)16-7-5-6-8-16/h10,16,18-21,23H,5-9,11H2,1-4H3,(H,24,32)/t18-,19-,20+,21-,23-/m1/s1. The second-order valence-corrected chi connectivity index (χ2v) is 8.98. The Morgan fingerprint density at radius 2 is 1.51 bits per heavy atom. The number of esters is 4. The van der Waals surface area contributed by atoms with E-state index in [0.717, 1.165) is 46.5 Å². The van der Waals surface area contributed by atoms with Crippen LogP contribution in [0.3, 0.4) is 0 Å². The summed E-state index contributed by atoms with van der Waals surface area (Å²) in [5.41, 5.74) is 0.402. The Labute approximate surface area is 213 Å². The van der Waals surface area contributed by atoms with Crippen LogP contribution < -0.4 is 5.32 Å². The van der Waals surface area contributed by atoms with Crippen molar-refractivity contribution in [2.24, 2.45) is 5.92 Å². The van der Waals surface area contributed by atoms with Gasteiger partial charge in [-0.1, -0.05) is 18.1 Å². The first kappa shape index (κ1) is 28.0. The Balaban J connectivity index is 1.88. The van der Waals surface area contributed by atoms with Crippen molar-refractivity contribution in [3.63, 3.8) is 0 Å². The summed E-state index contributed by atoms with van der Waals surface area (Å²) in [5.74, 6) is -2.87. The van der Waals surface area contributed by atoms with Crippen LogP contribution >= 0.6 is 0 Å². The first-order valence-electron chi connectivity index (χ1n) is 12.0. The molecule has 1 aliphatic carbocycles. The molecule has 1 aliphatic heterocycles. The minimum Gasteiger partial charge on any atom is -0.463 e. The smallest absolute Gasteiger partial charge is 0.303 e. The maximum absolute atomic E-state index is 12.4. The minimum absolute atomic E-state index is 0.0187. The normalized spacial score (nSPS) is 25.7. The summed E-state index contributed by atoms with van der Waals surface area (Å²) in [5, 5.41) is 10.9. The molecule has 1 amide bonds. The van der Waals surface area contributed by atoms with E-state index in [1.165, 1.54) is 17.8 Å². The van der Waals surface area contributed by atoms with Crippen LogP contribution in [0.1, 0.15) is 65.3 Å². The zero-order valence-electron chi connectivity index (χ0n) is 21.2. The highest BCUT2D eigenvalue weighted by atomic mass is 16.7. The van der Waals surface area contributed by atoms with Crippen molar-refractivity contribution in [1.82, 2.24) is 20.3 Å². The third-order valence-electron chi connectivity index (χ3n) is 5.95. The van der Waals surface area contributed by atoms with Gasteiger partial charge in [0.05, 0.1) is 12.7 Å². The first-order valence-corrected chi connectivity index (χ1v) is 12.0. The molecule has 204 valence electrons. The molecule has 1 saturated heterocycles. The van der Waals surface area contributed by atoms with E-state index in [1.54, 1.807) is 0 Å². The molecule has 0 unspecified atom stereocenters. The average Bonchev–Trinajstić information content (AvgIpc) is 3.50. The van der Waals surface area contributed by atoms with E-state index in [9.17, 15) is 24.0 Å². The average molecular weight is 525 g/mol. The Morgan fingerprint density at radius 1 is 0.919 bits per heavy atom. The number of carbonyl (C=O) groups excluding carboxylic acids is 5. The molecule has 0 bridgehead atoms. The van der Waals surface area contributed by atoms with E-state index in [-0.39, 0.29) is 25.0 Å². The van der Waals surface area contributed by atoms with Gasteiger partial charge in [0.2, 0.25) is 5.91 Å². The number of aromatic nitrogens is 3. The van der Waals surface area contributed by atoms with Gasteiger partial charge in [-0.3, -0.25) is 24.0 Å². The van der Waals surface area contributed by atoms with Crippen LogP contribution in [-0.4, -0.2) is 75.8 Å². The molecule has 1 aromatic rings. The van der Waals surface area contributed by atoms with Crippen LogP contribution in [0.15, 0.2) is 6.20 Å². The third kappa shape index (κ3) is 7.71. The quantitative estimate of drug-likeness (QED) is 0.347. The van der Waals surface area contributed by atoms with E-state index in [4.69, 9.17) is 23.7 Å². The zero-order valence-corrected chi connectivity index (χ0v) is 21.2. The first-order chi connectivity index (χ1) is 17.5. The van der Waals surface area contributed by atoms with Crippen molar-refractivity contribution in [3.8, 4) is 0 Å². The highest BCUT2D eigenvalue weighted by Crippen LogP contribution is 2.34. The predicted octanol–water partition coefficient (Wildman–Crippen LogP) is 0.340. The Morgan fingerprint density at radius 3 is 2.11 bits per heavy atom. The second kappa shape index (κ2) is 12.6. The molecule has 3 rings (SSSR count). The molecule has 37 heavy (non-hydrogen) atoms. The molecule has 0 radical (unpaired) electrons. The van der Waals surface area contributed by atoms with Crippen molar-refractivity contribution < 1.29 is 47.7 Å². The molecule has 5 atom stereocenters. The van der Waals surface area contributed by atoms with Gasteiger partial charge in [0.15, 0.2) is 24.5 Å². The number of ether oxygens (including phenoxy) is 5. The fourth-order valence-corrected chi connectivity index (χ4v) is 4.45. The van der Waals surface area contributed by atoms with Gasteiger partial charge in [-0.25, -0.2) is 4.68 Å². The van der Waals surface area contributed by atoms with Crippen LogP contribution in [0.4, 0.5) is 0 Å². The largest absolute Gasteiger partial charge is 0.463 e. The van der Waals surface area contributed by atoms with Crippen molar-refractivity contribution in [1.29, 1.82) is 0 Å². The lowest BCUT2D eigenvalue weighted by Crippen LogP contribution is -2.60. The number of amides is 1. The molecule has 2 fully saturated rings. The summed E-state index contributed by atoms with van der Waals surface area (Å²) in [4.78, 5) is 59.6. The summed E-state index contributed by atoms with van der Waals surface area (Å²) < 4.78 is 28.5. The highest BCUT2D eigenvalue weighted by Gasteiger charge is 2.53. The van der Waals surface area contributed by atoms with E-state index in [0.29, 0.717) is 5.69 Å². The van der Waals surface area contributed by atoms with Crippen LogP contribution in [0, 0.1) is 5.92 Å². The summed E-state index contributed by atoms with van der Waals surface area (Å²) in [7, 11) is 0. The maximum atomic E-state index is 12.4. The Bertz CT molecular complexity index is 1010. The van der Waals surface area contributed by atoms with Crippen molar-refractivity contribution in [2.75, 3.05) is 6.61 Å². The van der Waals surface area contributed by atoms with Crippen molar-refractivity contribution in [2.45, 2.75) is 90.6 Å². The highest BCUT2D eigenvalue weighted by molar-refractivity contribution is 5.78. The molecular formula is C23H32N4O10. The van der Waals surface area contributed by atoms with Crippen LogP contribution in [0.25, 0.3) is 0 Å². The van der Waals surface area contributed by atoms with Gasteiger partial charge in [-0.2, -0.15) is 0 Å². The lowest BCUT2D eigenvalue weighted by atomic mass is 9.97. The minimum atomic E-state index is -1.32. The van der Waals surface area contributed by atoms with Gasteiger partial charge < -0.3 is 29.0 Å². The van der Waals surface area contributed by atoms with Gasteiger partial charge >= 0.3 is 23.9 Å². The summed E-state index contributed by atoms with van der Waals surface area (Å²) in [6, 6.07) is 0. The summed E-state index contributed by atoms with van der Waals surface area (Å²) in [6.45, 7) is 4.38. The van der Waals surface area contributed by atoms with Gasteiger partial charge in [-0.05, 0) is 12.8 Å². The monoisotopic (exact) mass is 524 g/mol. The third-order valence-corrected chi connectivity index (χ3v) is 5.95. The number of carbonyl (C=O) groups is 5. The molecule has 2 aliphatic rings. The number of hydrogen-bond acceptors (Lipinski definition) is 12.